The van der Waals surface area contributed by atoms with E-state index in [9.17, 15) is 9.59 Å². The lowest BCUT2D eigenvalue weighted by Gasteiger charge is -2.35. The molecule has 0 radical (unpaired) electrons. The third kappa shape index (κ3) is 6.48. The number of unbranched alkanes of at least 4 members (excludes halogenated alkanes) is 2. The highest BCUT2D eigenvalue weighted by Gasteiger charge is 2.47. The fourth-order valence-electron chi connectivity index (χ4n) is 3.27. The van der Waals surface area contributed by atoms with Crippen LogP contribution in [0.25, 0.3) is 0 Å². The summed E-state index contributed by atoms with van der Waals surface area (Å²) in [6.07, 6.45) is 10.9. The second-order valence-corrected chi connectivity index (χ2v) is 7.56. The van der Waals surface area contributed by atoms with Crippen molar-refractivity contribution in [1.82, 2.24) is 0 Å². The van der Waals surface area contributed by atoms with Gasteiger partial charge in [-0.15, -0.1) is 0 Å². The van der Waals surface area contributed by atoms with Gasteiger partial charge in [0.1, 0.15) is 0 Å². The minimum atomic E-state index is -0.930. The Morgan fingerprint density at radius 2 is 1.64 bits per heavy atom. The molecule has 0 N–H and O–H groups in total. The smallest absolute Gasteiger partial charge is 0.316 e. The van der Waals surface area contributed by atoms with Crippen molar-refractivity contribution in [2.45, 2.75) is 98.2 Å². The van der Waals surface area contributed by atoms with E-state index < -0.39 is 11.3 Å². The highest BCUT2D eigenvalue weighted by molar-refractivity contribution is 5.87. The fourth-order valence-corrected chi connectivity index (χ4v) is 3.27. The lowest BCUT2D eigenvalue weighted by atomic mass is 9.71. The van der Waals surface area contributed by atoms with Crippen LogP contribution in [0.5, 0.6) is 0 Å². The van der Waals surface area contributed by atoms with Gasteiger partial charge in [-0.25, -0.2) is 0 Å². The van der Waals surface area contributed by atoms with E-state index in [2.05, 4.69) is 13.8 Å². The Kier molecular flexibility index (Phi) is 9.23. The predicted molar refractivity (Wildman–Crippen MR) is 100 cm³/mol. The molecular formula is C21H36O4. The summed E-state index contributed by atoms with van der Waals surface area (Å²) in [6.45, 7) is 9.89. The first-order valence-corrected chi connectivity index (χ1v) is 9.94. The zero-order valence-corrected chi connectivity index (χ0v) is 16.7. The van der Waals surface area contributed by atoms with E-state index in [4.69, 9.17) is 9.47 Å². The summed E-state index contributed by atoms with van der Waals surface area (Å²) in [6, 6.07) is 0. The van der Waals surface area contributed by atoms with Gasteiger partial charge in [-0.05, 0) is 46.5 Å². The second-order valence-electron chi connectivity index (χ2n) is 7.56. The van der Waals surface area contributed by atoms with Gasteiger partial charge in [0.05, 0.1) is 23.5 Å². The predicted octanol–water partition coefficient (Wildman–Crippen LogP) is 5.20. The normalized spacial score (nSPS) is 25.2. The summed E-state index contributed by atoms with van der Waals surface area (Å²) in [5.41, 5.74) is -0.930. The van der Waals surface area contributed by atoms with E-state index in [1.807, 2.05) is 26.0 Å². The van der Waals surface area contributed by atoms with Crippen LogP contribution in [0.1, 0.15) is 86.0 Å². The Bertz CT molecular complexity index is 457. The van der Waals surface area contributed by atoms with Gasteiger partial charge in [0.2, 0.25) is 0 Å². The molecule has 1 rings (SSSR count). The van der Waals surface area contributed by atoms with Gasteiger partial charge < -0.3 is 9.47 Å². The quantitative estimate of drug-likeness (QED) is 0.400. The number of allylic oxidation sites excluding steroid dienone is 1. The number of rotatable bonds is 10. The SMILES string of the molecule is CCCCC(C)OC(=O)C1CCC=CC1(C)C(=O)OC(C)CCCC. The minimum Gasteiger partial charge on any atom is -0.462 e. The van der Waals surface area contributed by atoms with Crippen LogP contribution in [0.15, 0.2) is 12.2 Å². The highest BCUT2D eigenvalue weighted by atomic mass is 16.6. The molecule has 0 aromatic rings. The Morgan fingerprint density at radius 1 is 1.08 bits per heavy atom. The standard InChI is InChI=1S/C21H36O4/c1-6-8-12-16(3)24-19(22)18-14-10-11-15-21(18,5)20(23)25-17(4)13-9-7-2/h11,15-18H,6-10,12-14H2,1-5H3. The monoisotopic (exact) mass is 352 g/mol. The van der Waals surface area contributed by atoms with E-state index in [1.54, 1.807) is 6.92 Å². The molecular weight excluding hydrogens is 316 g/mol. The third-order valence-corrected chi connectivity index (χ3v) is 5.09. The van der Waals surface area contributed by atoms with Gasteiger partial charge in [-0.3, -0.25) is 9.59 Å². The van der Waals surface area contributed by atoms with Crippen molar-refractivity contribution >= 4 is 11.9 Å². The zero-order chi connectivity index (χ0) is 18.9. The number of esters is 2. The zero-order valence-electron chi connectivity index (χ0n) is 16.7. The van der Waals surface area contributed by atoms with E-state index >= 15 is 0 Å². The van der Waals surface area contributed by atoms with Crippen molar-refractivity contribution in [3.63, 3.8) is 0 Å². The number of carbonyl (C=O) groups excluding carboxylic acids is 2. The molecule has 4 heteroatoms. The van der Waals surface area contributed by atoms with Crippen molar-refractivity contribution in [1.29, 1.82) is 0 Å². The molecule has 0 aliphatic heterocycles. The summed E-state index contributed by atoms with van der Waals surface area (Å²) < 4.78 is 11.3. The molecule has 0 spiro atoms. The van der Waals surface area contributed by atoms with Gasteiger partial charge in [0.15, 0.2) is 0 Å². The average Bonchev–Trinajstić information content (AvgIpc) is 2.58. The topological polar surface area (TPSA) is 52.6 Å². The van der Waals surface area contributed by atoms with Gasteiger partial charge in [-0.2, -0.15) is 0 Å². The van der Waals surface area contributed by atoms with E-state index in [1.165, 1.54) is 0 Å². The Balaban J connectivity index is 2.75. The molecule has 0 saturated heterocycles. The van der Waals surface area contributed by atoms with Crippen LogP contribution in [0, 0.1) is 11.3 Å². The average molecular weight is 353 g/mol. The van der Waals surface area contributed by atoms with Crippen LogP contribution < -0.4 is 0 Å². The first-order valence-electron chi connectivity index (χ1n) is 9.94. The first kappa shape index (κ1) is 21.7. The van der Waals surface area contributed by atoms with E-state index in [0.29, 0.717) is 6.42 Å². The lowest BCUT2D eigenvalue weighted by molar-refractivity contribution is -0.171. The van der Waals surface area contributed by atoms with Crippen LogP contribution in [0.2, 0.25) is 0 Å². The molecule has 0 bridgehead atoms. The fraction of sp³-hybridized carbons (Fsp3) is 0.810. The van der Waals surface area contributed by atoms with Crippen LogP contribution in [0.3, 0.4) is 0 Å². The van der Waals surface area contributed by atoms with Crippen molar-refractivity contribution < 1.29 is 19.1 Å². The van der Waals surface area contributed by atoms with E-state index in [-0.39, 0.29) is 24.1 Å². The maximum Gasteiger partial charge on any atom is 0.316 e. The molecule has 144 valence electrons. The maximum absolute atomic E-state index is 12.8. The van der Waals surface area contributed by atoms with Crippen LogP contribution in [-0.4, -0.2) is 24.1 Å². The van der Waals surface area contributed by atoms with Crippen LogP contribution in [0.4, 0.5) is 0 Å². The van der Waals surface area contributed by atoms with E-state index in [0.717, 1.165) is 44.9 Å². The number of carbonyl (C=O) groups is 2. The summed E-state index contributed by atoms with van der Waals surface area (Å²) in [7, 11) is 0. The van der Waals surface area contributed by atoms with Crippen molar-refractivity contribution in [2.24, 2.45) is 11.3 Å². The molecule has 0 amide bonds. The third-order valence-electron chi connectivity index (χ3n) is 5.09. The van der Waals surface area contributed by atoms with Crippen LogP contribution in [-0.2, 0) is 19.1 Å². The maximum atomic E-state index is 12.8. The van der Waals surface area contributed by atoms with Gasteiger partial charge in [-0.1, -0.05) is 51.7 Å². The van der Waals surface area contributed by atoms with Crippen molar-refractivity contribution in [3.8, 4) is 0 Å². The number of ether oxygens (including phenoxy) is 2. The molecule has 0 fully saturated rings. The molecule has 0 aromatic heterocycles. The summed E-state index contributed by atoms with van der Waals surface area (Å²) in [5, 5.41) is 0. The molecule has 1 aliphatic rings. The molecule has 0 heterocycles. The Hall–Kier alpha value is -1.32. The molecule has 1 aliphatic carbocycles. The second kappa shape index (κ2) is 10.6. The molecule has 0 aromatic carbocycles. The summed E-state index contributed by atoms with van der Waals surface area (Å²) >= 11 is 0. The van der Waals surface area contributed by atoms with Gasteiger partial charge in [0.25, 0.3) is 0 Å². The first-order chi connectivity index (χ1) is 11.8. The molecule has 4 nitrogen and oxygen atoms in total. The largest absolute Gasteiger partial charge is 0.462 e. The number of hydrogen-bond acceptors (Lipinski definition) is 4. The van der Waals surface area contributed by atoms with Crippen molar-refractivity contribution in [3.05, 3.63) is 12.2 Å². The summed E-state index contributed by atoms with van der Waals surface area (Å²) in [5.74, 6) is -1.05. The minimum absolute atomic E-state index is 0.109. The lowest BCUT2D eigenvalue weighted by Crippen LogP contribution is -2.43. The van der Waals surface area contributed by atoms with Gasteiger partial charge >= 0.3 is 11.9 Å². The molecule has 4 unspecified atom stereocenters. The van der Waals surface area contributed by atoms with Crippen molar-refractivity contribution in [2.75, 3.05) is 0 Å². The number of hydrogen-bond donors (Lipinski definition) is 0. The Morgan fingerprint density at radius 3 is 2.20 bits per heavy atom. The molecule has 25 heavy (non-hydrogen) atoms. The summed E-state index contributed by atoms with van der Waals surface area (Å²) in [4.78, 5) is 25.5. The van der Waals surface area contributed by atoms with Crippen LogP contribution >= 0.6 is 0 Å². The highest BCUT2D eigenvalue weighted by Crippen LogP contribution is 2.39. The Labute approximate surface area is 153 Å². The molecule has 0 saturated carbocycles. The molecule has 4 atom stereocenters. The van der Waals surface area contributed by atoms with Gasteiger partial charge in [0, 0.05) is 0 Å².